The lowest BCUT2D eigenvalue weighted by Gasteiger charge is -2.39. The van der Waals surface area contributed by atoms with Crippen molar-refractivity contribution in [2.75, 3.05) is 5.32 Å². The number of carbonyl (C=O) groups excluding carboxylic acids is 2. The number of allylic oxidation sites excluding steroid dienone is 3. The molecule has 0 fully saturated rings. The molecule has 1 atom stereocenters. The van der Waals surface area contributed by atoms with Gasteiger partial charge in [0.15, 0.2) is 5.78 Å². The predicted octanol–water partition coefficient (Wildman–Crippen LogP) is 5.29. The Morgan fingerprint density at radius 1 is 1.13 bits per heavy atom. The van der Waals surface area contributed by atoms with Crippen LogP contribution in [0.4, 0.5) is 5.82 Å². The van der Waals surface area contributed by atoms with E-state index in [0.717, 1.165) is 28.9 Å². The lowest BCUT2D eigenvalue weighted by molar-refractivity contribution is -0.118. The number of nitrogens with zero attached hydrogens (tertiary/aromatic N) is 1. The molecule has 2 heterocycles. The van der Waals surface area contributed by atoms with E-state index < -0.39 is 5.92 Å². The van der Waals surface area contributed by atoms with Crippen LogP contribution in [0.2, 0.25) is 5.02 Å². The second-order valence-electron chi connectivity index (χ2n) is 9.16. The highest BCUT2D eigenvalue weighted by Gasteiger charge is 2.42. The van der Waals surface area contributed by atoms with E-state index in [1.807, 2.05) is 32.0 Å². The molecule has 1 aromatic heterocycles. The summed E-state index contributed by atoms with van der Waals surface area (Å²) in [5.74, 6) is -0.181. The molecule has 31 heavy (non-hydrogen) atoms. The highest BCUT2D eigenvalue weighted by atomic mass is 35.5. The highest BCUT2D eigenvalue weighted by molar-refractivity contribution is 6.30. The Hall–Kier alpha value is -2.92. The van der Waals surface area contributed by atoms with Gasteiger partial charge in [-0.2, -0.15) is 0 Å². The van der Waals surface area contributed by atoms with Crippen molar-refractivity contribution in [2.24, 2.45) is 5.41 Å². The van der Waals surface area contributed by atoms with Crippen LogP contribution in [0, 0.1) is 12.3 Å². The number of Topliss-reactive ketones (excluding diaryl/α,β-unsaturated/α-hetero) is 1. The SMILES string of the molecule is CC1=C(C(=O)Nc2ccc(C)cn2)C(c2ccc(Cl)cc2)C2=C(CC(C)(C)CC2=O)N1. The van der Waals surface area contributed by atoms with Gasteiger partial charge in [-0.3, -0.25) is 9.59 Å². The molecule has 0 saturated heterocycles. The summed E-state index contributed by atoms with van der Waals surface area (Å²) in [5, 5.41) is 6.88. The van der Waals surface area contributed by atoms with Crippen LogP contribution in [-0.4, -0.2) is 16.7 Å². The summed E-state index contributed by atoms with van der Waals surface area (Å²) in [6, 6.07) is 11.0. The molecule has 2 aromatic rings. The minimum atomic E-state index is -0.456. The molecular weight excluding hydrogens is 410 g/mol. The summed E-state index contributed by atoms with van der Waals surface area (Å²) in [7, 11) is 0. The fourth-order valence-electron chi connectivity index (χ4n) is 4.45. The Bertz CT molecular complexity index is 1110. The molecule has 0 radical (unpaired) electrons. The van der Waals surface area contributed by atoms with E-state index in [-0.39, 0.29) is 17.1 Å². The van der Waals surface area contributed by atoms with Gasteiger partial charge in [-0.15, -0.1) is 0 Å². The second-order valence-corrected chi connectivity index (χ2v) is 9.59. The van der Waals surface area contributed by atoms with E-state index in [9.17, 15) is 9.59 Å². The van der Waals surface area contributed by atoms with Crippen molar-refractivity contribution in [3.8, 4) is 0 Å². The topological polar surface area (TPSA) is 71.1 Å². The molecule has 0 spiro atoms. The second kappa shape index (κ2) is 7.97. The number of amides is 1. The Morgan fingerprint density at radius 3 is 2.48 bits per heavy atom. The van der Waals surface area contributed by atoms with Gasteiger partial charge in [0.25, 0.3) is 5.91 Å². The number of aryl methyl sites for hydroxylation is 1. The van der Waals surface area contributed by atoms with Gasteiger partial charge in [0, 0.05) is 46.1 Å². The Morgan fingerprint density at radius 2 is 1.84 bits per heavy atom. The predicted molar refractivity (Wildman–Crippen MR) is 123 cm³/mol. The first-order valence-corrected chi connectivity index (χ1v) is 10.8. The number of aromatic nitrogens is 1. The molecule has 2 aliphatic rings. The van der Waals surface area contributed by atoms with Crippen molar-refractivity contribution < 1.29 is 9.59 Å². The minimum absolute atomic E-state index is 0.0740. The molecule has 0 saturated carbocycles. The summed E-state index contributed by atoms with van der Waals surface area (Å²) in [6.07, 6.45) is 2.91. The van der Waals surface area contributed by atoms with Crippen LogP contribution >= 0.6 is 11.6 Å². The average Bonchev–Trinajstić information content (AvgIpc) is 2.68. The van der Waals surface area contributed by atoms with Crippen LogP contribution in [0.1, 0.15) is 50.7 Å². The Balaban J connectivity index is 1.79. The number of hydrogen-bond acceptors (Lipinski definition) is 4. The number of halogens is 1. The van der Waals surface area contributed by atoms with Crippen molar-refractivity contribution in [2.45, 2.75) is 46.5 Å². The van der Waals surface area contributed by atoms with Gasteiger partial charge in [-0.05, 0) is 55.0 Å². The third kappa shape index (κ3) is 4.28. The Kier molecular flexibility index (Phi) is 5.48. The van der Waals surface area contributed by atoms with E-state index >= 15 is 0 Å². The molecule has 4 rings (SSSR count). The summed E-state index contributed by atoms with van der Waals surface area (Å²) >= 11 is 6.11. The van der Waals surface area contributed by atoms with Crippen molar-refractivity contribution >= 4 is 29.1 Å². The van der Waals surface area contributed by atoms with E-state index in [4.69, 9.17) is 11.6 Å². The normalized spacial score (nSPS) is 20.3. The number of ketones is 1. The van der Waals surface area contributed by atoms with Gasteiger partial charge >= 0.3 is 0 Å². The van der Waals surface area contributed by atoms with E-state index in [0.29, 0.717) is 28.4 Å². The smallest absolute Gasteiger partial charge is 0.255 e. The largest absolute Gasteiger partial charge is 0.362 e. The lowest BCUT2D eigenvalue weighted by Crippen LogP contribution is -2.39. The van der Waals surface area contributed by atoms with Crippen LogP contribution in [0.3, 0.4) is 0 Å². The van der Waals surface area contributed by atoms with Crippen LogP contribution in [0.15, 0.2) is 65.1 Å². The number of anilines is 1. The van der Waals surface area contributed by atoms with E-state index in [2.05, 4.69) is 29.5 Å². The zero-order valence-corrected chi connectivity index (χ0v) is 18.9. The summed E-state index contributed by atoms with van der Waals surface area (Å²) in [6.45, 7) is 8.02. The highest BCUT2D eigenvalue weighted by Crippen LogP contribution is 2.46. The van der Waals surface area contributed by atoms with Crippen molar-refractivity contribution in [1.82, 2.24) is 10.3 Å². The van der Waals surface area contributed by atoms with Crippen LogP contribution in [0.25, 0.3) is 0 Å². The first-order chi connectivity index (χ1) is 14.6. The molecule has 1 aliphatic heterocycles. The number of nitrogens with one attached hydrogen (secondary N) is 2. The molecule has 1 amide bonds. The maximum absolute atomic E-state index is 13.4. The Labute approximate surface area is 187 Å². The van der Waals surface area contributed by atoms with Crippen LogP contribution in [0.5, 0.6) is 0 Å². The lowest BCUT2D eigenvalue weighted by atomic mass is 9.68. The molecule has 1 aliphatic carbocycles. The first kappa shape index (κ1) is 21.3. The number of rotatable bonds is 3. The van der Waals surface area contributed by atoms with E-state index in [1.54, 1.807) is 24.4 Å². The molecule has 1 aromatic carbocycles. The summed E-state index contributed by atoms with van der Waals surface area (Å²) < 4.78 is 0. The van der Waals surface area contributed by atoms with Crippen LogP contribution in [-0.2, 0) is 9.59 Å². The molecule has 1 unspecified atom stereocenters. The first-order valence-electron chi connectivity index (χ1n) is 10.4. The van der Waals surface area contributed by atoms with Gasteiger partial charge in [-0.1, -0.05) is 43.6 Å². The fourth-order valence-corrected chi connectivity index (χ4v) is 4.58. The number of pyridine rings is 1. The third-order valence-electron chi connectivity index (χ3n) is 5.84. The molecule has 6 heteroatoms. The maximum atomic E-state index is 13.4. The average molecular weight is 436 g/mol. The number of benzene rings is 1. The zero-order chi connectivity index (χ0) is 22.3. The van der Waals surface area contributed by atoms with Crippen molar-refractivity contribution in [3.05, 3.63) is 81.3 Å². The van der Waals surface area contributed by atoms with E-state index in [1.165, 1.54) is 0 Å². The van der Waals surface area contributed by atoms with Gasteiger partial charge in [-0.25, -0.2) is 4.98 Å². The monoisotopic (exact) mass is 435 g/mol. The molecule has 5 nitrogen and oxygen atoms in total. The van der Waals surface area contributed by atoms with Gasteiger partial charge in [0.05, 0.1) is 0 Å². The minimum Gasteiger partial charge on any atom is -0.362 e. The molecule has 160 valence electrons. The van der Waals surface area contributed by atoms with Crippen molar-refractivity contribution in [1.29, 1.82) is 0 Å². The zero-order valence-electron chi connectivity index (χ0n) is 18.2. The standard InChI is InChI=1S/C25H26ClN3O2/c1-14-5-10-20(27-13-14)29-24(31)21-15(2)28-18-11-25(3,4)12-19(30)23(18)22(21)16-6-8-17(26)9-7-16/h5-10,13,22,28H,11-12H2,1-4H3,(H,27,29,31). The van der Waals surface area contributed by atoms with Crippen molar-refractivity contribution in [3.63, 3.8) is 0 Å². The maximum Gasteiger partial charge on any atom is 0.255 e. The number of hydrogen-bond donors (Lipinski definition) is 2. The number of dihydropyridines is 1. The molecule has 0 bridgehead atoms. The summed E-state index contributed by atoms with van der Waals surface area (Å²) in [4.78, 5) is 31.0. The molecular formula is C25H26ClN3O2. The third-order valence-corrected chi connectivity index (χ3v) is 6.09. The number of carbonyl (C=O) groups is 2. The quantitative estimate of drug-likeness (QED) is 0.687. The van der Waals surface area contributed by atoms with Gasteiger partial charge in [0.2, 0.25) is 0 Å². The van der Waals surface area contributed by atoms with Crippen LogP contribution < -0.4 is 10.6 Å². The fraction of sp³-hybridized carbons (Fsp3) is 0.320. The van der Waals surface area contributed by atoms with Gasteiger partial charge < -0.3 is 10.6 Å². The summed E-state index contributed by atoms with van der Waals surface area (Å²) in [5.41, 5.74) is 4.60. The molecule has 2 N–H and O–H groups in total. The van der Waals surface area contributed by atoms with Gasteiger partial charge in [0.1, 0.15) is 5.82 Å².